The summed E-state index contributed by atoms with van der Waals surface area (Å²) in [4.78, 5) is 2.86. The molecular formula is C17H30N2. The monoisotopic (exact) mass is 262 g/mol. The fourth-order valence-electron chi connectivity index (χ4n) is 4.73. The van der Waals surface area contributed by atoms with Gasteiger partial charge in [-0.1, -0.05) is 12.8 Å². The highest BCUT2D eigenvalue weighted by molar-refractivity contribution is 5.02. The molecule has 1 atom stereocenters. The Kier molecular flexibility index (Phi) is 3.15. The van der Waals surface area contributed by atoms with Gasteiger partial charge in [0, 0.05) is 31.2 Å². The third-order valence-corrected chi connectivity index (χ3v) is 6.36. The van der Waals surface area contributed by atoms with Crippen molar-refractivity contribution in [1.29, 1.82) is 0 Å². The SMILES string of the molecule is CC1CNC2(CCCC2)CN1CC(C1CC1)C1CC1. The first kappa shape index (κ1) is 12.6. The van der Waals surface area contributed by atoms with Crippen molar-refractivity contribution >= 4 is 0 Å². The molecule has 108 valence electrons. The van der Waals surface area contributed by atoms with Gasteiger partial charge in [-0.25, -0.2) is 0 Å². The largest absolute Gasteiger partial charge is 0.308 e. The van der Waals surface area contributed by atoms with Crippen molar-refractivity contribution in [2.45, 2.75) is 69.9 Å². The first-order valence-corrected chi connectivity index (χ1v) is 8.75. The summed E-state index contributed by atoms with van der Waals surface area (Å²) in [5.41, 5.74) is 0.504. The zero-order chi connectivity index (χ0) is 12.9. The number of rotatable bonds is 4. The van der Waals surface area contributed by atoms with Crippen molar-refractivity contribution in [3.63, 3.8) is 0 Å². The summed E-state index contributed by atoms with van der Waals surface area (Å²) in [5.74, 6) is 3.27. The maximum absolute atomic E-state index is 3.90. The molecule has 4 rings (SSSR count). The van der Waals surface area contributed by atoms with E-state index in [2.05, 4.69) is 17.1 Å². The van der Waals surface area contributed by atoms with Crippen molar-refractivity contribution in [1.82, 2.24) is 10.2 Å². The highest BCUT2D eigenvalue weighted by Gasteiger charge is 2.45. The molecule has 0 aromatic carbocycles. The molecule has 19 heavy (non-hydrogen) atoms. The van der Waals surface area contributed by atoms with Gasteiger partial charge in [-0.2, -0.15) is 0 Å². The van der Waals surface area contributed by atoms with Gasteiger partial charge in [0.05, 0.1) is 0 Å². The molecule has 1 aliphatic heterocycles. The number of nitrogens with one attached hydrogen (secondary N) is 1. The summed E-state index contributed by atoms with van der Waals surface area (Å²) >= 11 is 0. The lowest BCUT2D eigenvalue weighted by molar-refractivity contribution is 0.0667. The van der Waals surface area contributed by atoms with E-state index in [0.717, 1.165) is 23.8 Å². The van der Waals surface area contributed by atoms with Crippen molar-refractivity contribution < 1.29 is 0 Å². The van der Waals surface area contributed by atoms with Gasteiger partial charge in [0.2, 0.25) is 0 Å². The lowest BCUT2D eigenvalue weighted by atomic mass is 9.90. The Bertz CT molecular complexity index is 314. The second kappa shape index (κ2) is 4.73. The van der Waals surface area contributed by atoms with Crippen molar-refractivity contribution in [2.75, 3.05) is 19.6 Å². The van der Waals surface area contributed by atoms with Crippen LogP contribution < -0.4 is 5.32 Å². The van der Waals surface area contributed by atoms with Gasteiger partial charge in [-0.15, -0.1) is 0 Å². The standard InChI is InChI=1S/C17H30N2/c1-13-10-18-17(8-2-3-9-17)12-19(13)11-16(14-4-5-14)15-6-7-15/h13-16,18H,2-12H2,1H3. The predicted octanol–water partition coefficient (Wildman–Crippen LogP) is 3.03. The number of hydrogen-bond donors (Lipinski definition) is 1. The minimum Gasteiger partial charge on any atom is -0.308 e. The van der Waals surface area contributed by atoms with Crippen LogP contribution in [0.3, 0.4) is 0 Å². The van der Waals surface area contributed by atoms with Crippen LogP contribution in [-0.4, -0.2) is 36.1 Å². The highest BCUT2D eigenvalue weighted by Crippen LogP contribution is 2.50. The van der Waals surface area contributed by atoms with Gasteiger partial charge in [0.15, 0.2) is 0 Å². The van der Waals surface area contributed by atoms with E-state index in [1.165, 1.54) is 71.0 Å². The molecule has 1 unspecified atom stereocenters. The van der Waals surface area contributed by atoms with E-state index in [0.29, 0.717) is 5.54 Å². The minimum atomic E-state index is 0.504. The van der Waals surface area contributed by atoms with E-state index in [1.807, 2.05) is 0 Å². The van der Waals surface area contributed by atoms with E-state index in [-0.39, 0.29) is 0 Å². The van der Waals surface area contributed by atoms with Gasteiger partial charge >= 0.3 is 0 Å². The Morgan fingerprint density at radius 1 is 1.11 bits per heavy atom. The summed E-state index contributed by atoms with van der Waals surface area (Å²) in [6.45, 7) is 6.41. The summed E-state index contributed by atoms with van der Waals surface area (Å²) in [7, 11) is 0. The Morgan fingerprint density at radius 2 is 1.74 bits per heavy atom. The quantitative estimate of drug-likeness (QED) is 0.838. The van der Waals surface area contributed by atoms with Crippen molar-refractivity contribution in [3.8, 4) is 0 Å². The van der Waals surface area contributed by atoms with Crippen LogP contribution in [-0.2, 0) is 0 Å². The Balaban J connectivity index is 1.42. The Morgan fingerprint density at radius 3 is 2.32 bits per heavy atom. The summed E-state index contributed by atoms with van der Waals surface area (Å²) < 4.78 is 0. The van der Waals surface area contributed by atoms with E-state index in [4.69, 9.17) is 0 Å². The molecule has 1 heterocycles. The van der Waals surface area contributed by atoms with Gasteiger partial charge in [0.1, 0.15) is 0 Å². The minimum absolute atomic E-state index is 0.504. The van der Waals surface area contributed by atoms with Gasteiger partial charge < -0.3 is 5.32 Å². The molecule has 1 N–H and O–H groups in total. The van der Waals surface area contributed by atoms with Crippen molar-refractivity contribution in [2.24, 2.45) is 17.8 Å². The van der Waals surface area contributed by atoms with Crippen LogP contribution in [0, 0.1) is 17.8 Å². The van der Waals surface area contributed by atoms with Crippen LogP contribution in [0.1, 0.15) is 58.3 Å². The molecule has 4 fully saturated rings. The molecule has 2 nitrogen and oxygen atoms in total. The summed E-state index contributed by atoms with van der Waals surface area (Å²) in [6, 6.07) is 0.756. The molecule has 0 radical (unpaired) electrons. The zero-order valence-electron chi connectivity index (χ0n) is 12.5. The molecule has 2 heteroatoms. The Hall–Kier alpha value is -0.0800. The normalized spacial score (nSPS) is 35.4. The second-order valence-electron chi connectivity index (χ2n) is 7.99. The van der Waals surface area contributed by atoms with Crippen LogP contribution in [0.25, 0.3) is 0 Å². The maximum Gasteiger partial charge on any atom is 0.0309 e. The van der Waals surface area contributed by atoms with Crippen LogP contribution in [0.15, 0.2) is 0 Å². The zero-order valence-corrected chi connectivity index (χ0v) is 12.5. The average Bonchev–Trinajstić information content (AvgIpc) is 3.31. The maximum atomic E-state index is 3.90. The van der Waals surface area contributed by atoms with E-state index >= 15 is 0 Å². The lowest BCUT2D eigenvalue weighted by Crippen LogP contribution is -2.63. The van der Waals surface area contributed by atoms with E-state index in [9.17, 15) is 0 Å². The predicted molar refractivity (Wildman–Crippen MR) is 79.2 cm³/mol. The molecule has 1 saturated heterocycles. The molecule has 1 spiro atoms. The first-order valence-electron chi connectivity index (χ1n) is 8.75. The van der Waals surface area contributed by atoms with Gasteiger partial charge in [-0.05, 0) is 63.2 Å². The molecule has 3 saturated carbocycles. The molecule has 0 bridgehead atoms. The van der Waals surface area contributed by atoms with Crippen molar-refractivity contribution in [3.05, 3.63) is 0 Å². The first-order chi connectivity index (χ1) is 9.26. The third kappa shape index (κ3) is 2.58. The smallest absolute Gasteiger partial charge is 0.0309 e. The fraction of sp³-hybridized carbons (Fsp3) is 1.00. The molecule has 4 aliphatic rings. The third-order valence-electron chi connectivity index (χ3n) is 6.36. The summed E-state index contributed by atoms with van der Waals surface area (Å²) in [6.07, 6.45) is 11.9. The van der Waals surface area contributed by atoms with Crippen LogP contribution in [0.5, 0.6) is 0 Å². The molecule has 3 aliphatic carbocycles. The van der Waals surface area contributed by atoms with Crippen LogP contribution in [0.4, 0.5) is 0 Å². The summed E-state index contributed by atoms with van der Waals surface area (Å²) in [5, 5.41) is 3.90. The number of piperazine rings is 1. The number of hydrogen-bond acceptors (Lipinski definition) is 2. The Labute approximate surface area is 118 Å². The topological polar surface area (TPSA) is 15.3 Å². The van der Waals surface area contributed by atoms with Gasteiger partial charge in [0.25, 0.3) is 0 Å². The van der Waals surface area contributed by atoms with Crippen LogP contribution >= 0.6 is 0 Å². The lowest BCUT2D eigenvalue weighted by Gasteiger charge is -2.46. The molecule has 0 aromatic rings. The molecule has 0 aromatic heterocycles. The number of nitrogens with zero attached hydrogens (tertiary/aromatic N) is 1. The fourth-order valence-corrected chi connectivity index (χ4v) is 4.73. The van der Waals surface area contributed by atoms with E-state index in [1.54, 1.807) is 0 Å². The molecule has 0 amide bonds. The highest BCUT2D eigenvalue weighted by atomic mass is 15.3. The van der Waals surface area contributed by atoms with Gasteiger partial charge in [-0.3, -0.25) is 4.90 Å². The second-order valence-corrected chi connectivity index (χ2v) is 7.99. The van der Waals surface area contributed by atoms with E-state index < -0.39 is 0 Å². The molecular weight excluding hydrogens is 232 g/mol. The average molecular weight is 262 g/mol. The van der Waals surface area contributed by atoms with Crippen LogP contribution in [0.2, 0.25) is 0 Å².